The van der Waals surface area contributed by atoms with E-state index in [1.807, 2.05) is 0 Å². The molecule has 0 aliphatic heterocycles. The van der Waals surface area contributed by atoms with E-state index in [1.54, 1.807) is 5.43 Å². The van der Waals surface area contributed by atoms with Gasteiger partial charge in [-0.3, -0.25) is 32.1 Å². The van der Waals surface area contributed by atoms with Crippen LogP contribution in [-0.2, 0) is 19.1 Å². The Morgan fingerprint density at radius 2 is 1.25 bits per heavy atom. The molecule has 0 fully saturated rings. The summed E-state index contributed by atoms with van der Waals surface area (Å²) in [5.41, 5.74) is 5.05. The molecule has 9 N–H and O–H groups in total. The number of nitrogens with one attached hydrogen (secondary N) is 3. The van der Waals surface area contributed by atoms with Crippen molar-refractivity contribution in [1.82, 2.24) is 16.3 Å². The minimum Gasteiger partial charge on any atom is -0.465 e. The summed E-state index contributed by atoms with van der Waals surface area (Å²) in [6.07, 6.45) is -8.95. The lowest BCUT2D eigenvalue weighted by molar-refractivity contribution is -0.153. The third kappa shape index (κ3) is 24.8. The first-order valence-corrected chi connectivity index (χ1v) is 5.27. The van der Waals surface area contributed by atoms with Crippen LogP contribution in [0.5, 0.6) is 0 Å². The zero-order valence-electron chi connectivity index (χ0n) is 12.4. The van der Waals surface area contributed by atoms with E-state index in [0.29, 0.717) is 0 Å². The van der Waals surface area contributed by atoms with Gasteiger partial charge in [0.15, 0.2) is 0 Å². The monoisotopic (exact) mass is 376 g/mol. The van der Waals surface area contributed by atoms with Crippen LogP contribution in [0.3, 0.4) is 0 Å². The van der Waals surface area contributed by atoms with Crippen LogP contribution in [0.15, 0.2) is 0 Å². The van der Waals surface area contributed by atoms with Crippen LogP contribution in [0.25, 0.3) is 0 Å². The van der Waals surface area contributed by atoms with E-state index in [2.05, 4.69) is 27.7 Å². The molecule has 0 spiro atoms. The van der Waals surface area contributed by atoms with E-state index in [9.17, 15) is 40.7 Å². The number of nitrogens with two attached hydrogens (primary N) is 3. The second kappa shape index (κ2) is 20.8. The Kier molecular flexibility index (Phi) is 25.9. The molecule has 146 valence electrons. The van der Waals surface area contributed by atoms with E-state index in [0.717, 1.165) is 7.11 Å². The van der Waals surface area contributed by atoms with E-state index >= 15 is 0 Å². The Hall–Kier alpha value is -2.17. The minimum atomic E-state index is -3.01. The number of hydrogen-bond acceptors (Lipinski definition) is 8. The zero-order valence-corrected chi connectivity index (χ0v) is 12.4. The van der Waals surface area contributed by atoms with Gasteiger partial charge in [-0.25, -0.2) is 16.1 Å². The first kappa shape index (κ1) is 29.8. The average molecular weight is 376 g/mol. The summed E-state index contributed by atoms with van der Waals surface area (Å²) in [4.78, 5) is 28.9. The molecule has 0 aliphatic rings. The lowest BCUT2D eigenvalue weighted by Crippen LogP contribution is -2.38. The highest BCUT2D eigenvalue weighted by molar-refractivity contribution is 5.78. The number of hydrogen-bond donors (Lipinski definition) is 6. The van der Waals surface area contributed by atoms with Crippen molar-refractivity contribution in [3.63, 3.8) is 0 Å². The number of carbonyl (C=O) groups excluding carboxylic acids is 3. The number of hydrazine groups is 3. The SMILES string of the molecule is CNNC(=O)C(F)F.COC(=O)C(F)F.NN.NNC(=O)C(F)F. The molecule has 0 heterocycles. The van der Waals surface area contributed by atoms with Gasteiger partial charge in [-0.15, -0.1) is 0 Å². The Balaban J connectivity index is -0.000000119. The number of esters is 1. The van der Waals surface area contributed by atoms with Gasteiger partial charge in [-0.05, 0) is 0 Å². The van der Waals surface area contributed by atoms with Gasteiger partial charge in [0, 0.05) is 7.05 Å². The van der Waals surface area contributed by atoms with E-state index < -0.39 is 37.1 Å². The number of methoxy groups -OCH3 is 1. The van der Waals surface area contributed by atoms with Crippen molar-refractivity contribution in [3.05, 3.63) is 0 Å². The summed E-state index contributed by atoms with van der Waals surface area (Å²) in [7, 11) is 2.24. The van der Waals surface area contributed by atoms with Crippen molar-refractivity contribution in [1.29, 1.82) is 0 Å². The van der Waals surface area contributed by atoms with Gasteiger partial charge in [0.25, 0.3) is 0 Å². The van der Waals surface area contributed by atoms with Crippen LogP contribution in [0.2, 0.25) is 0 Å². The van der Waals surface area contributed by atoms with E-state index in [4.69, 9.17) is 0 Å². The van der Waals surface area contributed by atoms with Crippen LogP contribution in [0.4, 0.5) is 26.3 Å². The molecule has 0 bridgehead atoms. The number of halogens is 6. The third-order valence-corrected chi connectivity index (χ3v) is 1.17. The van der Waals surface area contributed by atoms with Crippen LogP contribution >= 0.6 is 0 Å². The van der Waals surface area contributed by atoms with Gasteiger partial charge < -0.3 is 4.74 Å². The molecule has 16 heteroatoms. The molecule has 0 rings (SSSR count). The number of alkyl halides is 6. The minimum absolute atomic E-state index is 0.911. The van der Waals surface area contributed by atoms with Crippen molar-refractivity contribution >= 4 is 17.8 Å². The summed E-state index contributed by atoms with van der Waals surface area (Å²) in [5, 5.41) is 0. The van der Waals surface area contributed by atoms with Gasteiger partial charge >= 0.3 is 37.1 Å². The van der Waals surface area contributed by atoms with Crippen molar-refractivity contribution in [2.24, 2.45) is 17.5 Å². The molecule has 0 aliphatic carbocycles. The second-order valence-electron chi connectivity index (χ2n) is 2.67. The predicted molar refractivity (Wildman–Crippen MR) is 67.9 cm³/mol. The smallest absolute Gasteiger partial charge is 0.373 e. The van der Waals surface area contributed by atoms with Gasteiger partial charge in [0.1, 0.15) is 0 Å². The standard InChI is InChI=1S/C3H6F2N2O.C3H4F2O2.C2H4F2N2O.H4N2/c1-6-7-3(8)2(4)5;1-7-3(6)2(4)5;3-1(4)2(7)6-5;1-2/h2,6H,1H3,(H,7,8);2H,1H3;1H,5H2,(H,6,7);1-2H2. The normalized spacial score (nSPS) is 8.75. The Labute approximate surface area is 131 Å². The molecular formula is C8H18F6N6O4. The molecule has 24 heavy (non-hydrogen) atoms. The fourth-order valence-corrected chi connectivity index (χ4v) is 0.330. The lowest BCUT2D eigenvalue weighted by atomic mass is 10.7. The number of ether oxygens (including phenoxy) is 1. The lowest BCUT2D eigenvalue weighted by Gasteiger charge is -1.98. The zero-order chi connectivity index (χ0) is 20.3. The molecule has 0 aromatic heterocycles. The van der Waals surface area contributed by atoms with Crippen molar-refractivity contribution in [3.8, 4) is 0 Å². The fourth-order valence-electron chi connectivity index (χ4n) is 0.330. The topological polar surface area (TPSA) is 175 Å². The second-order valence-corrected chi connectivity index (χ2v) is 2.67. The summed E-state index contributed by atoms with van der Waals surface area (Å²) in [6, 6.07) is 0. The van der Waals surface area contributed by atoms with Crippen LogP contribution in [0, 0.1) is 0 Å². The molecule has 2 amide bonds. The molecule has 10 nitrogen and oxygen atoms in total. The quantitative estimate of drug-likeness (QED) is 0.107. The first-order valence-electron chi connectivity index (χ1n) is 5.27. The van der Waals surface area contributed by atoms with Crippen molar-refractivity contribution in [2.45, 2.75) is 19.3 Å². The fraction of sp³-hybridized carbons (Fsp3) is 0.625. The van der Waals surface area contributed by atoms with Crippen LogP contribution in [0.1, 0.15) is 0 Å². The third-order valence-electron chi connectivity index (χ3n) is 1.17. The Morgan fingerprint density at radius 3 is 1.29 bits per heavy atom. The Bertz CT molecular complexity index is 316. The van der Waals surface area contributed by atoms with Crippen molar-refractivity contribution < 1.29 is 45.5 Å². The average Bonchev–Trinajstić information content (AvgIpc) is 2.56. The maximum Gasteiger partial charge on any atom is 0.373 e. The maximum absolute atomic E-state index is 11.2. The number of carbonyl (C=O) groups is 3. The summed E-state index contributed by atoms with van der Waals surface area (Å²) in [5.74, 6) is 8.04. The summed E-state index contributed by atoms with van der Waals surface area (Å²) in [6.45, 7) is 0. The number of rotatable bonds is 4. The first-order chi connectivity index (χ1) is 11.0. The molecule has 0 aromatic rings. The molecule has 0 radical (unpaired) electrons. The van der Waals surface area contributed by atoms with Gasteiger partial charge in [0.05, 0.1) is 7.11 Å². The maximum atomic E-state index is 11.2. The van der Waals surface area contributed by atoms with E-state index in [-0.39, 0.29) is 0 Å². The molecule has 0 aromatic carbocycles. The molecule has 0 saturated heterocycles. The van der Waals surface area contributed by atoms with Crippen LogP contribution in [-0.4, -0.2) is 51.2 Å². The van der Waals surface area contributed by atoms with Gasteiger partial charge in [0.2, 0.25) is 0 Å². The highest BCUT2D eigenvalue weighted by Crippen LogP contribution is 1.92. The molecule has 0 unspecified atom stereocenters. The predicted octanol–water partition coefficient (Wildman–Crippen LogP) is -2.01. The van der Waals surface area contributed by atoms with Crippen molar-refractivity contribution in [2.75, 3.05) is 14.2 Å². The summed E-state index contributed by atoms with van der Waals surface area (Å²) < 4.78 is 69.7. The molecule has 0 atom stereocenters. The Morgan fingerprint density at radius 1 is 0.875 bits per heavy atom. The number of amides is 2. The largest absolute Gasteiger partial charge is 0.465 e. The van der Waals surface area contributed by atoms with Gasteiger partial charge in [-0.2, -0.15) is 26.3 Å². The highest BCUT2D eigenvalue weighted by Gasteiger charge is 2.13. The molecular weight excluding hydrogens is 358 g/mol. The van der Waals surface area contributed by atoms with Crippen LogP contribution < -0.4 is 33.8 Å². The highest BCUT2D eigenvalue weighted by atomic mass is 19.3. The molecule has 0 saturated carbocycles. The van der Waals surface area contributed by atoms with E-state index in [1.165, 1.54) is 12.5 Å². The summed E-state index contributed by atoms with van der Waals surface area (Å²) >= 11 is 0. The van der Waals surface area contributed by atoms with Gasteiger partial charge in [-0.1, -0.05) is 0 Å².